The molecular formula is C7H6F4N2O. The van der Waals surface area contributed by atoms with Gasteiger partial charge in [0.25, 0.3) is 12.9 Å². The number of nitrogens with zero attached hydrogens (tertiary/aromatic N) is 2. The van der Waals surface area contributed by atoms with Gasteiger partial charge in [-0.3, -0.25) is 9.48 Å². The van der Waals surface area contributed by atoms with Gasteiger partial charge in [0.1, 0.15) is 12.2 Å². The molecule has 0 unspecified atom stereocenters. The van der Waals surface area contributed by atoms with Crippen LogP contribution >= 0.6 is 0 Å². The molecule has 0 saturated heterocycles. The van der Waals surface area contributed by atoms with Crippen LogP contribution in [0.4, 0.5) is 17.6 Å². The molecule has 1 rings (SSSR count). The Bertz CT molecular complexity index is 323. The number of hydrogen-bond donors (Lipinski definition) is 0. The first-order valence-electron chi connectivity index (χ1n) is 3.63. The molecular weight excluding hydrogens is 204 g/mol. The maximum Gasteiger partial charge on any atom is 0.280 e. The topological polar surface area (TPSA) is 34.9 Å². The van der Waals surface area contributed by atoms with E-state index in [0.717, 1.165) is 6.20 Å². The van der Waals surface area contributed by atoms with Gasteiger partial charge >= 0.3 is 0 Å². The molecule has 3 nitrogen and oxygen atoms in total. The minimum absolute atomic E-state index is 0.163. The number of hydrogen-bond acceptors (Lipinski definition) is 2. The van der Waals surface area contributed by atoms with Crippen LogP contribution in [0.5, 0.6) is 0 Å². The second-order valence-electron chi connectivity index (χ2n) is 2.48. The highest BCUT2D eigenvalue weighted by atomic mass is 19.3. The summed E-state index contributed by atoms with van der Waals surface area (Å²) in [6.45, 7) is -0.937. The Balaban J connectivity index is 3.04. The van der Waals surface area contributed by atoms with Crippen LogP contribution in [0.25, 0.3) is 0 Å². The summed E-state index contributed by atoms with van der Waals surface area (Å²) < 4.78 is 48.8. The quantitative estimate of drug-likeness (QED) is 0.561. The highest BCUT2D eigenvalue weighted by molar-refractivity contribution is 5.76. The van der Waals surface area contributed by atoms with E-state index < -0.39 is 25.1 Å². The van der Waals surface area contributed by atoms with Crippen molar-refractivity contribution < 1.29 is 22.4 Å². The van der Waals surface area contributed by atoms with Gasteiger partial charge in [0.15, 0.2) is 6.29 Å². The van der Waals surface area contributed by atoms with Gasteiger partial charge in [-0.2, -0.15) is 5.10 Å². The van der Waals surface area contributed by atoms with Gasteiger partial charge in [-0.15, -0.1) is 0 Å². The zero-order valence-electron chi connectivity index (χ0n) is 6.83. The molecule has 0 aromatic carbocycles. The van der Waals surface area contributed by atoms with Gasteiger partial charge < -0.3 is 0 Å². The molecule has 0 radical (unpaired) electrons. The van der Waals surface area contributed by atoms with Gasteiger partial charge in [-0.25, -0.2) is 17.6 Å². The Morgan fingerprint density at radius 1 is 1.43 bits per heavy atom. The van der Waals surface area contributed by atoms with Crippen molar-refractivity contribution in [3.8, 4) is 0 Å². The molecule has 1 aromatic rings. The lowest BCUT2D eigenvalue weighted by atomic mass is 10.3. The first-order valence-corrected chi connectivity index (χ1v) is 3.63. The maximum absolute atomic E-state index is 12.3. The molecule has 7 heteroatoms. The molecule has 0 fully saturated rings. The Morgan fingerprint density at radius 2 is 2.07 bits per heavy atom. The van der Waals surface area contributed by atoms with Crippen molar-refractivity contribution in [1.82, 2.24) is 9.78 Å². The Labute approximate surface area is 76.3 Å². The number of aldehydes is 1. The molecule has 1 aromatic heterocycles. The van der Waals surface area contributed by atoms with Crippen LogP contribution < -0.4 is 0 Å². The lowest BCUT2D eigenvalue weighted by Crippen LogP contribution is -2.12. The second-order valence-corrected chi connectivity index (χ2v) is 2.48. The summed E-state index contributed by atoms with van der Waals surface area (Å²) in [7, 11) is 0. The van der Waals surface area contributed by atoms with Crippen LogP contribution in [0.3, 0.4) is 0 Å². The molecule has 0 aliphatic heterocycles. The number of carbonyl (C=O) groups excluding carboxylic acids is 1. The van der Waals surface area contributed by atoms with Gasteiger partial charge in [0, 0.05) is 0 Å². The fraction of sp³-hybridized carbons (Fsp3) is 0.429. The zero-order chi connectivity index (χ0) is 10.7. The largest absolute Gasteiger partial charge is 0.298 e. The predicted molar refractivity (Wildman–Crippen MR) is 38.6 cm³/mol. The molecule has 0 amide bonds. The van der Waals surface area contributed by atoms with Crippen molar-refractivity contribution in [2.45, 2.75) is 19.4 Å². The molecule has 0 aliphatic carbocycles. The van der Waals surface area contributed by atoms with Crippen molar-refractivity contribution in [1.29, 1.82) is 0 Å². The van der Waals surface area contributed by atoms with Crippen LogP contribution in [0.15, 0.2) is 6.20 Å². The van der Waals surface area contributed by atoms with Crippen LogP contribution in [0.1, 0.15) is 22.5 Å². The van der Waals surface area contributed by atoms with Crippen molar-refractivity contribution in [3.63, 3.8) is 0 Å². The van der Waals surface area contributed by atoms with E-state index in [0.29, 0.717) is 4.68 Å². The summed E-state index contributed by atoms with van der Waals surface area (Å²) in [6.07, 6.45) is -4.77. The lowest BCUT2D eigenvalue weighted by molar-refractivity contribution is 0.100. The highest BCUT2D eigenvalue weighted by Gasteiger charge is 2.21. The van der Waals surface area contributed by atoms with E-state index in [2.05, 4.69) is 5.10 Å². The van der Waals surface area contributed by atoms with Gasteiger partial charge in [-0.1, -0.05) is 0 Å². The molecule has 0 spiro atoms. The fourth-order valence-electron chi connectivity index (χ4n) is 1.01. The molecule has 0 atom stereocenters. The second kappa shape index (κ2) is 4.21. The molecule has 0 bridgehead atoms. The van der Waals surface area contributed by atoms with E-state index in [-0.39, 0.29) is 11.8 Å². The van der Waals surface area contributed by atoms with E-state index in [1.165, 1.54) is 0 Å². The SMILES string of the molecule is O=Cc1cnn(CC(F)F)c1C(F)F. The smallest absolute Gasteiger partial charge is 0.280 e. The third-order valence-electron chi connectivity index (χ3n) is 1.55. The first kappa shape index (κ1) is 10.7. The average molecular weight is 210 g/mol. The Kier molecular flexibility index (Phi) is 3.21. The standard InChI is InChI=1S/C7H6F4N2O/c8-5(9)2-13-6(7(10)11)4(3-14)1-12-13/h1,3,5,7H,2H2. The normalized spacial score (nSPS) is 11.3. The number of rotatable bonds is 4. The van der Waals surface area contributed by atoms with Crippen molar-refractivity contribution >= 4 is 6.29 Å². The van der Waals surface area contributed by atoms with E-state index in [9.17, 15) is 22.4 Å². The number of carbonyl (C=O) groups is 1. The molecule has 0 aliphatic rings. The molecule has 1 heterocycles. The predicted octanol–water partition coefficient (Wildman–Crippen LogP) is 1.90. The third kappa shape index (κ3) is 2.09. The molecule has 0 N–H and O–H groups in total. The number of halogens is 4. The van der Waals surface area contributed by atoms with Gasteiger partial charge in [0.2, 0.25) is 0 Å². The van der Waals surface area contributed by atoms with E-state index in [4.69, 9.17) is 0 Å². The van der Waals surface area contributed by atoms with E-state index in [1.807, 2.05) is 0 Å². The van der Waals surface area contributed by atoms with Gasteiger partial charge in [0.05, 0.1) is 11.8 Å². The zero-order valence-corrected chi connectivity index (χ0v) is 6.83. The summed E-state index contributed by atoms with van der Waals surface area (Å²) in [6, 6.07) is 0. The molecule has 78 valence electrons. The lowest BCUT2D eigenvalue weighted by Gasteiger charge is -2.05. The average Bonchev–Trinajstić information content (AvgIpc) is 2.46. The summed E-state index contributed by atoms with van der Waals surface area (Å²) in [5.41, 5.74) is -1.12. The van der Waals surface area contributed by atoms with E-state index >= 15 is 0 Å². The van der Waals surface area contributed by atoms with Crippen molar-refractivity contribution in [3.05, 3.63) is 17.5 Å². The van der Waals surface area contributed by atoms with Crippen LogP contribution in [-0.2, 0) is 6.54 Å². The highest BCUT2D eigenvalue weighted by Crippen LogP contribution is 2.22. The number of aromatic nitrogens is 2. The van der Waals surface area contributed by atoms with Crippen LogP contribution in [0.2, 0.25) is 0 Å². The number of alkyl halides is 4. The van der Waals surface area contributed by atoms with Crippen LogP contribution in [0, 0.1) is 0 Å². The summed E-state index contributed by atoms with van der Waals surface area (Å²) in [4.78, 5) is 10.3. The van der Waals surface area contributed by atoms with Crippen molar-refractivity contribution in [2.24, 2.45) is 0 Å². The minimum Gasteiger partial charge on any atom is -0.298 e. The molecule has 0 saturated carbocycles. The molecule has 14 heavy (non-hydrogen) atoms. The Morgan fingerprint density at radius 3 is 2.50 bits per heavy atom. The van der Waals surface area contributed by atoms with Crippen molar-refractivity contribution in [2.75, 3.05) is 0 Å². The van der Waals surface area contributed by atoms with E-state index in [1.54, 1.807) is 0 Å². The first-order chi connectivity index (χ1) is 6.56. The van der Waals surface area contributed by atoms with Gasteiger partial charge in [-0.05, 0) is 0 Å². The summed E-state index contributed by atoms with van der Waals surface area (Å²) in [5.74, 6) is 0. The fourth-order valence-corrected chi connectivity index (χ4v) is 1.01. The minimum atomic E-state index is -2.99. The summed E-state index contributed by atoms with van der Waals surface area (Å²) >= 11 is 0. The Hall–Kier alpha value is -1.40. The summed E-state index contributed by atoms with van der Waals surface area (Å²) in [5, 5.41) is 3.27. The third-order valence-corrected chi connectivity index (χ3v) is 1.55. The monoisotopic (exact) mass is 210 g/mol. The van der Waals surface area contributed by atoms with Crippen LogP contribution in [-0.4, -0.2) is 22.5 Å². The maximum atomic E-state index is 12.3.